The first kappa shape index (κ1) is 10.7. The first-order chi connectivity index (χ1) is 6.74. The minimum Gasteiger partial charge on any atom is -0.480 e. The fourth-order valence-electron chi connectivity index (χ4n) is 1.25. The molecule has 0 fully saturated rings. The van der Waals surface area contributed by atoms with Gasteiger partial charge in [0.25, 0.3) is 0 Å². The third-order valence-corrected chi connectivity index (χ3v) is 1.91. The summed E-state index contributed by atoms with van der Waals surface area (Å²) in [5.74, 6) is -0.823. The number of hydrogen-bond donors (Lipinski definition) is 2. The molecule has 2 N–H and O–H groups in total. The van der Waals surface area contributed by atoms with Gasteiger partial charge in [0.15, 0.2) is 0 Å². The number of aromatic nitrogens is 1. The van der Waals surface area contributed by atoms with E-state index < -0.39 is 12.0 Å². The Morgan fingerprint density at radius 2 is 2.50 bits per heavy atom. The molecule has 0 radical (unpaired) electrons. The van der Waals surface area contributed by atoms with E-state index in [-0.39, 0.29) is 0 Å². The molecule has 4 heteroatoms. The first-order valence-corrected chi connectivity index (χ1v) is 4.59. The Kier molecular flexibility index (Phi) is 4.07. The van der Waals surface area contributed by atoms with Crippen LogP contribution in [-0.4, -0.2) is 28.6 Å². The second-order valence-corrected chi connectivity index (χ2v) is 3.01. The van der Waals surface area contributed by atoms with Crippen molar-refractivity contribution < 1.29 is 9.90 Å². The molecule has 0 aromatic carbocycles. The zero-order chi connectivity index (χ0) is 10.4. The number of nitrogens with zero attached hydrogens (tertiary/aromatic N) is 1. The van der Waals surface area contributed by atoms with E-state index in [4.69, 9.17) is 5.11 Å². The van der Waals surface area contributed by atoms with Crippen molar-refractivity contribution in [1.82, 2.24) is 10.3 Å². The van der Waals surface area contributed by atoms with Crippen LogP contribution in [0.15, 0.2) is 24.5 Å². The third kappa shape index (κ3) is 3.14. The molecule has 0 aliphatic rings. The highest BCUT2D eigenvalue weighted by molar-refractivity contribution is 5.73. The molecule has 0 saturated carbocycles. The molecule has 0 spiro atoms. The quantitative estimate of drug-likeness (QED) is 0.723. The number of carboxylic acid groups (broad SMARTS) is 1. The Bertz CT molecular complexity index is 287. The highest BCUT2D eigenvalue weighted by Gasteiger charge is 2.15. The lowest BCUT2D eigenvalue weighted by molar-refractivity contribution is -0.139. The third-order valence-electron chi connectivity index (χ3n) is 1.91. The van der Waals surface area contributed by atoms with Gasteiger partial charge in [-0.05, 0) is 24.6 Å². The molecule has 0 aliphatic carbocycles. The second kappa shape index (κ2) is 5.34. The summed E-state index contributed by atoms with van der Waals surface area (Å²) in [5, 5.41) is 11.8. The van der Waals surface area contributed by atoms with E-state index in [0.29, 0.717) is 13.0 Å². The SMILES string of the molecule is CCN[C@@H](Cc1cccnc1)C(=O)O. The van der Waals surface area contributed by atoms with Crippen LogP contribution in [-0.2, 0) is 11.2 Å². The number of carboxylic acids is 1. The number of nitrogens with one attached hydrogen (secondary N) is 1. The van der Waals surface area contributed by atoms with Crippen LogP contribution in [0, 0.1) is 0 Å². The summed E-state index contributed by atoms with van der Waals surface area (Å²) >= 11 is 0. The molecule has 1 heterocycles. The maximum Gasteiger partial charge on any atom is 0.321 e. The molecule has 1 atom stereocenters. The lowest BCUT2D eigenvalue weighted by Crippen LogP contribution is -2.38. The molecule has 0 amide bonds. The fraction of sp³-hybridized carbons (Fsp3) is 0.400. The number of likely N-dealkylation sites (N-methyl/N-ethyl adjacent to an activating group) is 1. The van der Waals surface area contributed by atoms with Gasteiger partial charge in [0, 0.05) is 12.4 Å². The van der Waals surface area contributed by atoms with Crippen molar-refractivity contribution in [2.24, 2.45) is 0 Å². The average Bonchev–Trinajstić information content (AvgIpc) is 2.18. The van der Waals surface area contributed by atoms with Gasteiger partial charge in [0.1, 0.15) is 6.04 Å². The van der Waals surface area contributed by atoms with Gasteiger partial charge >= 0.3 is 5.97 Å². The lowest BCUT2D eigenvalue weighted by Gasteiger charge is -2.12. The Balaban J connectivity index is 2.60. The Labute approximate surface area is 83.0 Å². The topological polar surface area (TPSA) is 62.2 Å². The minimum absolute atomic E-state index is 0.469. The van der Waals surface area contributed by atoms with Crippen LogP contribution in [0.25, 0.3) is 0 Å². The summed E-state index contributed by atoms with van der Waals surface area (Å²) in [6, 6.07) is 3.16. The van der Waals surface area contributed by atoms with Gasteiger partial charge in [0.05, 0.1) is 0 Å². The molecule has 4 nitrogen and oxygen atoms in total. The van der Waals surface area contributed by atoms with E-state index in [9.17, 15) is 4.79 Å². The molecule has 1 rings (SSSR count). The van der Waals surface area contributed by atoms with Crippen LogP contribution in [0.2, 0.25) is 0 Å². The van der Waals surface area contributed by atoms with Gasteiger partial charge in [-0.2, -0.15) is 0 Å². The molecule has 1 aromatic rings. The maximum absolute atomic E-state index is 10.8. The Hall–Kier alpha value is -1.42. The molecule has 0 saturated heterocycles. The van der Waals surface area contributed by atoms with Gasteiger partial charge < -0.3 is 10.4 Å². The van der Waals surface area contributed by atoms with Crippen molar-refractivity contribution in [3.8, 4) is 0 Å². The van der Waals surface area contributed by atoms with E-state index >= 15 is 0 Å². The average molecular weight is 194 g/mol. The Morgan fingerprint density at radius 3 is 3.00 bits per heavy atom. The number of aliphatic carboxylic acids is 1. The van der Waals surface area contributed by atoms with Gasteiger partial charge in [-0.1, -0.05) is 13.0 Å². The highest BCUT2D eigenvalue weighted by atomic mass is 16.4. The van der Waals surface area contributed by atoms with Crippen LogP contribution in [0.5, 0.6) is 0 Å². The normalized spacial score (nSPS) is 12.4. The van der Waals surface area contributed by atoms with E-state index in [1.807, 2.05) is 13.0 Å². The summed E-state index contributed by atoms with van der Waals surface area (Å²) in [6.07, 6.45) is 3.83. The second-order valence-electron chi connectivity index (χ2n) is 3.01. The summed E-state index contributed by atoms with van der Waals surface area (Å²) in [6.45, 7) is 2.54. The molecule has 0 aliphatic heterocycles. The number of rotatable bonds is 5. The van der Waals surface area contributed by atoms with Crippen molar-refractivity contribution in [3.63, 3.8) is 0 Å². The largest absolute Gasteiger partial charge is 0.480 e. The minimum atomic E-state index is -0.823. The molecular weight excluding hydrogens is 180 g/mol. The molecule has 76 valence electrons. The maximum atomic E-state index is 10.8. The monoisotopic (exact) mass is 194 g/mol. The van der Waals surface area contributed by atoms with Crippen LogP contribution < -0.4 is 5.32 Å². The van der Waals surface area contributed by atoms with Gasteiger partial charge in [-0.15, -0.1) is 0 Å². The molecule has 0 bridgehead atoms. The molecule has 0 unspecified atom stereocenters. The van der Waals surface area contributed by atoms with Crippen molar-refractivity contribution in [3.05, 3.63) is 30.1 Å². The smallest absolute Gasteiger partial charge is 0.321 e. The fourth-order valence-corrected chi connectivity index (χ4v) is 1.25. The van der Waals surface area contributed by atoms with Crippen LogP contribution in [0.4, 0.5) is 0 Å². The summed E-state index contributed by atoms with van der Waals surface area (Å²) in [7, 11) is 0. The number of pyridine rings is 1. The summed E-state index contributed by atoms with van der Waals surface area (Å²) in [4.78, 5) is 14.7. The van der Waals surface area contributed by atoms with E-state index in [0.717, 1.165) is 5.56 Å². The van der Waals surface area contributed by atoms with E-state index in [2.05, 4.69) is 10.3 Å². The van der Waals surface area contributed by atoms with Crippen LogP contribution in [0.3, 0.4) is 0 Å². The summed E-state index contributed by atoms with van der Waals surface area (Å²) in [5.41, 5.74) is 0.931. The van der Waals surface area contributed by atoms with Crippen LogP contribution >= 0.6 is 0 Å². The summed E-state index contributed by atoms with van der Waals surface area (Å²) < 4.78 is 0. The zero-order valence-corrected chi connectivity index (χ0v) is 8.10. The van der Waals surface area contributed by atoms with Crippen molar-refractivity contribution in [2.75, 3.05) is 6.54 Å². The van der Waals surface area contributed by atoms with Gasteiger partial charge in [-0.3, -0.25) is 9.78 Å². The lowest BCUT2D eigenvalue weighted by atomic mass is 10.1. The predicted molar refractivity (Wildman–Crippen MR) is 53.0 cm³/mol. The highest BCUT2D eigenvalue weighted by Crippen LogP contribution is 2.01. The Morgan fingerprint density at radius 1 is 1.71 bits per heavy atom. The molecule has 1 aromatic heterocycles. The molecular formula is C10H14N2O2. The van der Waals surface area contributed by atoms with E-state index in [1.165, 1.54) is 0 Å². The van der Waals surface area contributed by atoms with Crippen molar-refractivity contribution >= 4 is 5.97 Å². The van der Waals surface area contributed by atoms with Crippen molar-refractivity contribution in [1.29, 1.82) is 0 Å². The van der Waals surface area contributed by atoms with Crippen molar-refractivity contribution in [2.45, 2.75) is 19.4 Å². The number of hydrogen-bond acceptors (Lipinski definition) is 3. The van der Waals surface area contributed by atoms with E-state index in [1.54, 1.807) is 18.5 Å². The first-order valence-electron chi connectivity index (χ1n) is 4.59. The zero-order valence-electron chi connectivity index (χ0n) is 8.10. The van der Waals surface area contributed by atoms with Crippen LogP contribution in [0.1, 0.15) is 12.5 Å². The van der Waals surface area contributed by atoms with Gasteiger partial charge in [-0.25, -0.2) is 0 Å². The number of carbonyl (C=O) groups is 1. The molecule has 14 heavy (non-hydrogen) atoms. The standard InChI is InChI=1S/C10H14N2O2/c1-2-12-9(10(13)14)6-8-4-3-5-11-7-8/h3-5,7,9,12H,2,6H2,1H3,(H,13,14)/t9-/m0/s1. The van der Waals surface area contributed by atoms with Gasteiger partial charge in [0.2, 0.25) is 0 Å². The predicted octanol–water partition coefficient (Wildman–Crippen LogP) is 0.687.